The van der Waals surface area contributed by atoms with Crippen LogP contribution >= 0.6 is 0 Å². The van der Waals surface area contributed by atoms with Crippen molar-refractivity contribution in [2.75, 3.05) is 37.1 Å². The smallest absolute Gasteiger partial charge is 0.239 e. The van der Waals surface area contributed by atoms with Crippen LogP contribution in [0.4, 0.5) is 11.8 Å². The predicted molar refractivity (Wildman–Crippen MR) is 71.4 cm³/mol. The zero-order valence-electron chi connectivity index (χ0n) is 11.0. The molecular weight excluding hydrogens is 230 g/mol. The van der Waals surface area contributed by atoms with Crippen molar-refractivity contribution >= 4 is 11.8 Å². The van der Waals surface area contributed by atoms with E-state index in [9.17, 15) is 0 Å². The first-order valence-electron chi connectivity index (χ1n) is 6.30. The van der Waals surface area contributed by atoms with E-state index in [0.29, 0.717) is 11.9 Å². The van der Waals surface area contributed by atoms with Gasteiger partial charge in [-0.25, -0.2) is 10.8 Å². The fraction of sp³-hybridized carbons (Fsp3) is 0.667. The molecule has 6 nitrogen and oxygen atoms in total. The molecule has 2 rings (SSSR count). The molecule has 6 heteroatoms. The van der Waals surface area contributed by atoms with Gasteiger partial charge in [0, 0.05) is 32.0 Å². The molecular formula is C12H21N5O. The van der Waals surface area contributed by atoms with Gasteiger partial charge in [-0.2, -0.15) is 4.98 Å². The molecule has 0 spiro atoms. The summed E-state index contributed by atoms with van der Waals surface area (Å²) in [4.78, 5) is 10.7. The third-order valence-corrected chi connectivity index (χ3v) is 3.15. The summed E-state index contributed by atoms with van der Waals surface area (Å²) < 4.78 is 5.50. The van der Waals surface area contributed by atoms with Crippen LogP contribution in [0.2, 0.25) is 0 Å². The van der Waals surface area contributed by atoms with Gasteiger partial charge < -0.3 is 9.64 Å². The highest BCUT2D eigenvalue weighted by Crippen LogP contribution is 2.18. The number of nitrogens with zero attached hydrogens (tertiary/aromatic N) is 3. The average molecular weight is 251 g/mol. The van der Waals surface area contributed by atoms with Crippen LogP contribution in [-0.4, -0.2) is 36.8 Å². The van der Waals surface area contributed by atoms with E-state index in [1.807, 2.05) is 20.0 Å². The van der Waals surface area contributed by atoms with Crippen molar-refractivity contribution in [2.45, 2.75) is 19.8 Å². The maximum Gasteiger partial charge on any atom is 0.239 e. The highest BCUT2D eigenvalue weighted by Gasteiger charge is 2.17. The van der Waals surface area contributed by atoms with Crippen molar-refractivity contribution in [3.8, 4) is 0 Å². The molecule has 18 heavy (non-hydrogen) atoms. The predicted octanol–water partition coefficient (Wildman–Crippen LogP) is 0.933. The Morgan fingerprint density at radius 2 is 2.39 bits per heavy atom. The van der Waals surface area contributed by atoms with Crippen LogP contribution in [0.25, 0.3) is 0 Å². The maximum atomic E-state index is 5.50. The van der Waals surface area contributed by atoms with Crippen LogP contribution in [0.1, 0.15) is 18.5 Å². The Labute approximate surface area is 108 Å². The Kier molecular flexibility index (Phi) is 4.33. The van der Waals surface area contributed by atoms with E-state index in [0.717, 1.165) is 37.7 Å². The number of aryl methyl sites for hydroxylation is 1. The number of nitrogens with one attached hydrogen (secondary N) is 1. The molecule has 1 saturated heterocycles. The summed E-state index contributed by atoms with van der Waals surface area (Å²) >= 11 is 0. The van der Waals surface area contributed by atoms with Crippen LogP contribution < -0.4 is 16.2 Å². The molecule has 0 radical (unpaired) electrons. The highest BCUT2D eigenvalue weighted by molar-refractivity contribution is 5.43. The molecule has 0 bridgehead atoms. The quantitative estimate of drug-likeness (QED) is 0.612. The van der Waals surface area contributed by atoms with Gasteiger partial charge in [0.15, 0.2) is 0 Å². The fourth-order valence-corrected chi connectivity index (χ4v) is 2.24. The molecule has 0 aromatic carbocycles. The van der Waals surface area contributed by atoms with Crippen molar-refractivity contribution in [1.82, 2.24) is 9.97 Å². The van der Waals surface area contributed by atoms with Gasteiger partial charge in [0.25, 0.3) is 0 Å². The van der Waals surface area contributed by atoms with Gasteiger partial charge >= 0.3 is 0 Å². The lowest BCUT2D eigenvalue weighted by Crippen LogP contribution is -2.31. The Hall–Kier alpha value is -1.40. The van der Waals surface area contributed by atoms with Crippen LogP contribution in [0.3, 0.4) is 0 Å². The topological polar surface area (TPSA) is 76.3 Å². The van der Waals surface area contributed by atoms with E-state index in [-0.39, 0.29) is 0 Å². The van der Waals surface area contributed by atoms with Gasteiger partial charge in [-0.05, 0) is 25.7 Å². The molecule has 0 saturated carbocycles. The summed E-state index contributed by atoms with van der Waals surface area (Å²) in [5.41, 5.74) is 3.40. The maximum absolute atomic E-state index is 5.50. The summed E-state index contributed by atoms with van der Waals surface area (Å²) in [6.07, 6.45) is 2.37. The Morgan fingerprint density at radius 1 is 1.56 bits per heavy atom. The van der Waals surface area contributed by atoms with E-state index in [2.05, 4.69) is 20.3 Å². The molecule has 100 valence electrons. The molecule has 0 aliphatic carbocycles. The normalized spacial score (nSPS) is 19.6. The summed E-state index contributed by atoms with van der Waals surface area (Å²) in [5.74, 6) is 7.28. The molecule has 1 aliphatic rings. The van der Waals surface area contributed by atoms with Gasteiger partial charge in [-0.15, -0.1) is 0 Å². The van der Waals surface area contributed by atoms with Crippen molar-refractivity contribution < 1.29 is 4.74 Å². The van der Waals surface area contributed by atoms with Crippen molar-refractivity contribution in [3.63, 3.8) is 0 Å². The Morgan fingerprint density at radius 3 is 3.06 bits per heavy atom. The number of aromatic nitrogens is 2. The first-order chi connectivity index (χ1) is 8.69. The van der Waals surface area contributed by atoms with Gasteiger partial charge in [0.05, 0.1) is 6.61 Å². The molecule has 1 atom stereocenters. The zero-order valence-corrected chi connectivity index (χ0v) is 11.0. The number of hydrogen-bond donors (Lipinski definition) is 2. The zero-order chi connectivity index (χ0) is 13.0. The lowest BCUT2D eigenvalue weighted by atomic mass is 10.0. The molecule has 1 aromatic rings. The minimum atomic E-state index is 0.455. The molecule has 1 fully saturated rings. The van der Waals surface area contributed by atoms with Gasteiger partial charge in [0.2, 0.25) is 5.95 Å². The van der Waals surface area contributed by atoms with Crippen molar-refractivity contribution in [1.29, 1.82) is 0 Å². The molecule has 1 aliphatic heterocycles. The summed E-state index contributed by atoms with van der Waals surface area (Å²) in [6, 6.07) is 1.96. The largest absolute Gasteiger partial charge is 0.381 e. The molecule has 1 aromatic heterocycles. The van der Waals surface area contributed by atoms with Crippen LogP contribution in [0.5, 0.6) is 0 Å². The molecule has 1 unspecified atom stereocenters. The third-order valence-electron chi connectivity index (χ3n) is 3.15. The number of nitrogen functional groups attached to an aromatic ring is 1. The Balaban J connectivity index is 2.02. The van der Waals surface area contributed by atoms with Crippen molar-refractivity contribution in [3.05, 3.63) is 11.8 Å². The average Bonchev–Trinajstić information content (AvgIpc) is 2.39. The van der Waals surface area contributed by atoms with E-state index in [1.54, 1.807) is 0 Å². The standard InChI is InChI=1S/C12H21N5O/c1-9-6-11(15-12(14-9)16-13)17(2)7-10-4-3-5-18-8-10/h6,10H,3-5,7-8,13H2,1-2H3,(H,14,15,16). The van der Waals surface area contributed by atoms with E-state index in [1.165, 1.54) is 6.42 Å². The van der Waals surface area contributed by atoms with Crippen LogP contribution in [0, 0.1) is 12.8 Å². The van der Waals surface area contributed by atoms with Crippen molar-refractivity contribution in [2.24, 2.45) is 11.8 Å². The van der Waals surface area contributed by atoms with Gasteiger partial charge in [0.1, 0.15) is 5.82 Å². The Bertz CT molecular complexity index is 392. The van der Waals surface area contributed by atoms with Gasteiger partial charge in [-0.1, -0.05) is 0 Å². The first-order valence-corrected chi connectivity index (χ1v) is 6.30. The molecule has 3 N–H and O–H groups in total. The second kappa shape index (κ2) is 5.97. The summed E-state index contributed by atoms with van der Waals surface area (Å²) in [5, 5.41) is 0. The number of rotatable bonds is 4. The number of ether oxygens (including phenoxy) is 1. The van der Waals surface area contributed by atoms with E-state index in [4.69, 9.17) is 10.6 Å². The second-order valence-corrected chi connectivity index (χ2v) is 4.80. The number of nitrogens with two attached hydrogens (primary N) is 1. The minimum absolute atomic E-state index is 0.455. The summed E-state index contributed by atoms with van der Waals surface area (Å²) in [6.45, 7) is 4.62. The molecule has 2 heterocycles. The first kappa shape index (κ1) is 13.0. The number of anilines is 2. The third kappa shape index (κ3) is 3.30. The molecule has 0 amide bonds. The SMILES string of the molecule is Cc1cc(N(C)CC2CCCOC2)nc(NN)n1. The summed E-state index contributed by atoms with van der Waals surface area (Å²) in [7, 11) is 2.04. The lowest BCUT2D eigenvalue weighted by molar-refractivity contribution is 0.0576. The lowest BCUT2D eigenvalue weighted by Gasteiger charge is -2.28. The fourth-order valence-electron chi connectivity index (χ4n) is 2.24. The van der Waals surface area contributed by atoms with Crippen LogP contribution in [0.15, 0.2) is 6.07 Å². The second-order valence-electron chi connectivity index (χ2n) is 4.80. The van der Waals surface area contributed by atoms with Crippen LogP contribution in [-0.2, 0) is 4.74 Å². The number of hydrazine groups is 1. The monoisotopic (exact) mass is 251 g/mol. The highest BCUT2D eigenvalue weighted by atomic mass is 16.5. The van der Waals surface area contributed by atoms with Gasteiger partial charge in [-0.3, -0.25) is 5.43 Å². The number of hydrogen-bond acceptors (Lipinski definition) is 6. The van der Waals surface area contributed by atoms with E-state index >= 15 is 0 Å². The minimum Gasteiger partial charge on any atom is -0.381 e. The van der Waals surface area contributed by atoms with E-state index < -0.39 is 0 Å².